The van der Waals surface area contributed by atoms with E-state index in [0.29, 0.717) is 24.3 Å². The average Bonchev–Trinajstić information content (AvgIpc) is 2.40. The molecule has 0 aromatic heterocycles. The number of carboxylic acids is 1. The summed E-state index contributed by atoms with van der Waals surface area (Å²) in [5.74, 6) is 0.419. The Morgan fingerprint density at radius 2 is 2.07 bits per heavy atom. The van der Waals surface area contributed by atoms with E-state index >= 15 is 0 Å². The summed E-state index contributed by atoms with van der Waals surface area (Å²) in [6, 6.07) is 0.664. The Balaban J connectivity index is 2.04. The molecule has 0 aromatic rings. The molecule has 1 heterocycles. The molecular weight excluding hydrogens is 190 g/mol. The van der Waals surface area contributed by atoms with E-state index in [4.69, 9.17) is 5.11 Å². The maximum Gasteiger partial charge on any atom is 0.303 e. The van der Waals surface area contributed by atoms with Crippen LogP contribution in [0.5, 0.6) is 0 Å². The lowest BCUT2D eigenvalue weighted by atomic mass is 9.85. The van der Waals surface area contributed by atoms with Crippen LogP contribution in [-0.2, 0) is 4.79 Å². The maximum atomic E-state index is 10.8. The highest BCUT2D eigenvalue weighted by Gasteiger charge is 2.40. The molecule has 0 radical (unpaired) electrons. The number of fused-ring (bicyclic) bond motifs is 1. The Kier molecular flexibility index (Phi) is 3.29. The number of hydrogen-bond acceptors (Lipinski definition) is 2. The van der Waals surface area contributed by atoms with Gasteiger partial charge in [-0.25, -0.2) is 0 Å². The fraction of sp³-hybridized carbons (Fsp3) is 0.917. The van der Waals surface area contributed by atoms with Crippen molar-refractivity contribution in [1.29, 1.82) is 0 Å². The summed E-state index contributed by atoms with van der Waals surface area (Å²) in [7, 11) is 2.16. The molecule has 0 amide bonds. The Bertz CT molecular complexity index is 242. The second-order valence-corrected chi connectivity index (χ2v) is 5.17. The molecule has 2 rings (SSSR count). The SMILES string of the molecule is CN1CC(CC(=O)O)C2CCCCCC21. The standard InChI is InChI=1S/C12H21NO2/c1-13-8-9(7-12(14)15)10-5-3-2-4-6-11(10)13/h9-11H,2-8H2,1H3,(H,14,15). The van der Waals surface area contributed by atoms with E-state index in [0.717, 1.165) is 6.54 Å². The zero-order valence-electron chi connectivity index (χ0n) is 9.48. The second kappa shape index (κ2) is 4.52. The smallest absolute Gasteiger partial charge is 0.303 e. The Labute approximate surface area is 91.5 Å². The third-order valence-corrected chi connectivity index (χ3v) is 4.16. The molecule has 86 valence electrons. The molecule has 1 saturated carbocycles. The fourth-order valence-electron chi connectivity index (χ4n) is 3.49. The summed E-state index contributed by atoms with van der Waals surface area (Å²) in [5, 5.41) is 8.90. The monoisotopic (exact) mass is 211 g/mol. The number of hydrogen-bond donors (Lipinski definition) is 1. The summed E-state index contributed by atoms with van der Waals surface area (Å²) < 4.78 is 0. The number of carbonyl (C=O) groups is 1. The average molecular weight is 211 g/mol. The third kappa shape index (κ3) is 2.33. The van der Waals surface area contributed by atoms with E-state index in [1.54, 1.807) is 0 Å². The largest absolute Gasteiger partial charge is 0.481 e. The van der Waals surface area contributed by atoms with Gasteiger partial charge in [-0.3, -0.25) is 4.79 Å². The van der Waals surface area contributed by atoms with Crippen molar-refractivity contribution in [3.05, 3.63) is 0 Å². The number of carboxylic acid groups (broad SMARTS) is 1. The number of rotatable bonds is 2. The molecule has 3 nitrogen and oxygen atoms in total. The van der Waals surface area contributed by atoms with Crippen LogP contribution in [0.1, 0.15) is 38.5 Å². The first-order valence-electron chi connectivity index (χ1n) is 6.10. The van der Waals surface area contributed by atoms with Crippen molar-refractivity contribution in [2.45, 2.75) is 44.6 Å². The predicted octanol–water partition coefficient (Wildman–Crippen LogP) is 1.97. The van der Waals surface area contributed by atoms with Crippen molar-refractivity contribution in [2.24, 2.45) is 11.8 Å². The van der Waals surface area contributed by atoms with Crippen molar-refractivity contribution >= 4 is 5.97 Å². The van der Waals surface area contributed by atoms with Gasteiger partial charge < -0.3 is 10.0 Å². The molecule has 0 bridgehead atoms. The normalized spacial score (nSPS) is 37.3. The van der Waals surface area contributed by atoms with Crippen molar-refractivity contribution in [2.75, 3.05) is 13.6 Å². The minimum atomic E-state index is -0.627. The zero-order valence-corrected chi connectivity index (χ0v) is 9.48. The van der Waals surface area contributed by atoms with Crippen LogP contribution in [0.2, 0.25) is 0 Å². The molecule has 2 fully saturated rings. The first-order chi connectivity index (χ1) is 7.18. The first kappa shape index (κ1) is 10.9. The molecule has 3 atom stereocenters. The highest BCUT2D eigenvalue weighted by Crippen LogP contribution is 2.39. The van der Waals surface area contributed by atoms with Gasteiger partial charge in [0.25, 0.3) is 0 Å². The van der Waals surface area contributed by atoms with Crippen LogP contribution in [-0.4, -0.2) is 35.6 Å². The van der Waals surface area contributed by atoms with Gasteiger partial charge in [-0.05, 0) is 31.7 Å². The Morgan fingerprint density at radius 3 is 2.80 bits per heavy atom. The molecule has 0 aromatic carbocycles. The van der Waals surface area contributed by atoms with Gasteiger partial charge in [-0.1, -0.05) is 19.3 Å². The second-order valence-electron chi connectivity index (χ2n) is 5.17. The quantitative estimate of drug-likeness (QED) is 0.759. The predicted molar refractivity (Wildman–Crippen MR) is 58.7 cm³/mol. The lowest BCUT2D eigenvalue weighted by molar-refractivity contribution is -0.138. The molecule has 3 unspecified atom stereocenters. The third-order valence-electron chi connectivity index (χ3n) is 4.16. The van der Waals surface area contributed by atoms with Crippen molar-refractivity contribution < 1.29 is 9.90 Å². The molecule has 1 aliphatic carbocycles. The maximum absolute atomic E-state index is 10.8. The van der Waals surface area contributed by atoms with Gasteiger partial charge >= 0.3 is 5.97 Å². The molecule has 1 saturated heterocycles. The molecule has 15 heavy (non-hydrogen) atoms. The van der Waals surface area contributed by atoms with Crippen molar-refractivity contribution in [3.8, 4) is 0 Å². The van der Waals surface area contributed by atoms with Crippen LogP contribution in [0.3, 0.4) is 0 Å². The van der Waals surface area contributed by atoms with Gasteiger partial charge in [0.2, 0.25) is 0 Å². The van der Waals surface area contributed by atoms with Crippen LogP contribution in [0.4, 0.5) is 0 Å². The molecule has 1 N–H and O–H groups in total. The first-order valence-corrected chi connectivity index (χ1v) is 6.10. The zero-order chi connectivity index (χ0) is 10.8. The van der Waals surface area contributed by atoms with Gasteiger partial charge in [0.05, 0.1) is 0 Å². The summed E-state index contributed by atoms with van der Waals surface area (Å²) in [5.41, 5.74) is 0. The lowest BCUT2D eigenvalue weighted by Crippen LogP contribution is -2.28. The minimum absolute atomic E-state index is 0.367. The van der Waals surface area contributed by atoms with Gasteiger partial charge in [0.15, 0.2) is 0 Å². The number of nitrogens with zero attached hydrogens (tertiary/aromatic N) is 1. The summed E-state index contributed by atoms with van der Waals surface area (Å²) in [6.07, 6.45) is 6.84. The molecular formula is C12H21NO2. The van der Waals surface area contributed by atoms with Crippen LogP contribution in [0.15, 0.2) is 0 Å². The topological polar surface area (TPSA) is 40.5 Å². The summed E-state index contributed by atoms with van der Waals surface area (Å²) in [6.45, 7) is 0.988. The van der Waals surface area contributed by atoms with Crippen molar-refractivity contribution in [1.82, 2.24) is 4.90 Å². The van der Waals surface area contributed by atoms with E-state index in [9.17, 15) is 4.79 Å². The van der Waals surface area contributed by atoms with Gasteiger partial charge in [0.1, 0.15) is 0 Å². The van der Waals surface area contributed by atoms with Crippen LogP contribution < -0.4 is 0 Å². The van der Waals surface area contributed by atoms with E-state index in [1.807, 2.05) is 0 Å². The molecule has 1 aliphatic heterocycles. The van der Waals surface area contributed by atoms with Gasteiger partial charge in [-0.15, -0.1) is 0 Å². The van der Waals surface area contributed by atoms with E-state index in [1.165, 1.54) is 32.1 Å². The minimum Gasteiger partial charge on any atom is -0.481 e. The van der Waals surface area contributed by atoms with E-state index in [-0.39, 0.29) is 0 Å². The van der Waals surface area contributed by atoms with Gasteiger partial charge in [0, 0.05) is 19.0 Å². The molecule has 0 spiro atoms. The fourth-order valence-corrected chi connectivity index (χ4v) is 3.49. The van der Waals surface area contributed by atoms with Crippen LogP contribution >= 0.6 is 0 Å². The molecule has 3 heteroatoms. The van der Waals surface area contributed by atoms with Crippen LogP contribution in [0.25, 0.3) is 0 Å². The Morgan fingerprint density at radius 1 is 1.33 bits per heavy atom. The van der Waals surface area contributed by atoms with Gasteiger partial charge in [-0.2, -0.15) is 0 Å². The number of aliphatic carboxylic acids is 1. The molecule has 2 aliphatic rings. The van der Waals surface area contributed by atoms with Crippen LogP contribution in [0, 0.1) is 11.8 Å². The number of likely N-dealkylation sites (tertiary alicyclic amines) is 1. The highest BCUT2D eigenvalue weighted by atomic mass is 16.4. The van der Waals surface area contributed by atoms with E-state index in [2.05, 4.69) is 11.9 Å². The lowest BCUT2D eigenvalue weighted by Gasteiger charge is -2.23. The summed E-state index contributed by atoms with van der Waals surface area (Å²) >= 11 is 0. The summed E-state index contributed by atoms with van der Waals surface area (Å²) in [4.78, 5) is 13.2. The van der Waals surface area contributed by atoms with E-state index < -0.39 is 5.97 Å². The Hall–Kier alpha value is -0.570. The van der Waals surface area contributed by atoms with Crippen molar-refractivity contribution in [3.63, 3.8) is 0 Å². The highest BCUT2D eigenvalue weighted by molar-refractivity contribution is 5.67.